The Morgan fingerprint density at radius 2 is 1.21 bits per heavy atom. The highest BCUT2D eigenvalue weighted by molar-refractivity contribution is 6.51. The minimum atomic E-state index is 0.0201. The first kappa shape index (κ1) is 12.5. The van der Waals surface area contributed by atoms with E-state index in [9.17, 15) is 0 Å². The predicted molar refractivity (Wildman–Crippen MR) is 58.8 cm³/mol. The van der Waals surface area contributed by atoms with Crippen LogP contribution in [-0.4, -0.2) is 13.2 Å². The van der Waals surface area contributed by atoms with Gasteiger partial charge in [0.15, 0.2) is 0 Å². The quantitative estimate of drug-likeness (QED) is 0.686. The van der Waals surface area contributed by atoms with E-state index in [0.717, 1.165) is 13.2 Å². The second-order valence-electron chi connectivity index (χ2n) is 2.60. The molecule has 0 N–H and O–H groups in total. The molecular weight excluding hydrogens is 270 g/mol. The van der Waals surface area contributed by atoms with Gasteiger partial charge in [-0.3, -0.25) is 0 Å². The largest absolute Gasteiger partial charge is 0.430 e. The number of hydrogen-bond donors (Lipinski definition) is 0. The van der Waals surface area contributed by atoms with E-state index in [2.05, 4.69) is 4.42 Å². The van der Waals surface area contributed by atoms with Crippen LogP contribution in [0, 0.1) is 0 Å². The van der Waals surface area contributed by atoms with Crippen LogP contribution < -0.4 is 0 Å². The van der Waals surface area contributed by atoms with Crippen LogP contribution >= 0.6 is 46.4 Å². The summed E-state index contributed by atoms with van der Waals surface area (Å²) in [5.41, 5.74) is 0. The van der Waals surface area contributed by atoms with Crippen LogP contribution in [0.15, 0.2) is 4.42 Å². The molecule has 1 aromatic heterocycles. The van der Waals surface area contributed by atoms with Crippen molar-refractivity contribution in [1.82, 2.24) is 0 Å². The van der Waals surface area contributed by atoms with Gasteiger partial charge < -0.3 is 9.15 Å². The summed E-state index contributed by atoms with van der Waals surface area (Å²) in [6.07, 6.45) is 2.56. The highest BCUT2D eigenvalue weighted by Crippen LogP contribution is 2.38. The van der Waals surface area contributed by atoms with Crippen LogP contribution in [0.3, 0.4) is 0 Å². The number of hydrogen-bond acceptors (Lipinski definition) is 2. The first-order chi connectivity index (χ1) is 6.63. The SMILES string of the molecule is C1CCOC1.Clc1oc(Cl)c(Cl)c1Cl. The highest BCUT2D eigenvalue weighted by Gasteiger charge is 2.12. The maximum Gasteiger partial charge on any atom is 0.215 e. The van der Waals surface area contributed by atoms with Gasteiger partial charge in [0.2, 0.25) is 10.4 Å². The zero-order valence-electron chi connectivity index (χ0n) is 7.16. The van der Waals surface area contributed by atoms with Gasteiger partial charge in [0.05, 0.1) is 0 Å². The van der Waals surface area contributed by atoms with Crippen molar-refractivity contribution in [2.75, 3.05) is 13.2 Å². The molecule has 1 saturated heterocycles. The van der Waals surface area contributed by atoms with Crippen LogP contribution in [0.4, 0.5) is 0 Å². The molecule has 1 aliphatic heterocycles. The number of rotatable bonds is 0. The topological polar surface area (TPSA) is 22.4 Å². The molecule has 1 fully saturated rings. The maximum absolute atomic E-state index is 5.46. The molecule has 2 rings (SSSR count). The van der Waals surface area contributed by atoms with Crippen molar-refractivity contribution in [3.63, 3.8) is 0 Å². The Morgan fingerprint density at radius 3 is 1.36 bits per heavy atom. The molecule has 2 heterocycles. The Morgan fingerprint density at radius 1 is 0.786 bits per heavy atom. The van der Waals surface area contributed by atoms with Crippen molar-refractivity contribution in [2.45, 2.75) is 12.8 Å². The van der Waals surface area contributed by atoms with Gasteiger partial charge in [-0.1, -0.05) is 23.2 Å². The minimum absolute atomic E-state index is 0.0201. The van der Waals surface area contributed by atoms with E-state index in [1.165, 1.54) is 12.8 Å². The summed E-state index contributed by atoms with van der Waals surface area (Å²) >= 11 is 21.6. The number of ether oxygens (including phenoxy) is 1. The molecule has 0 bridgehead atoms. The fourth-order valence-corrected chi connectivity index (χ4v) is 1.58. The Labute approximate surface area is 102 Å². The molecule has 80 valence electrons. The molecule has 0 aromatic carbocycles. The Balaban J connectivity index is 0.000000165. The minimum Gasteiger partial charge on any atom is -0.430 e. The summed E-state index contributed by atoms with van der Waals surface area (Å²) in [5.74, 6) is 0. The third-order valence-corrected chi connectivity index (χ3v) is 3.09. The zero-order chi connectivity index (χ0) is 10.6. The summed E-state index contributed by atoms with van der Waals surface area (Å²) in [4.78, 5) is 0. The van der Waals surface area contributed by atoms with Crippen LogP contribution in [0.5, 0.6) is 0 Å². The predicted octanol–water partition coefficient (Wildman–Crippen LogP) is 4.69. The van der Waals surface area contributed by atoms with Gasteiger partial charge in [-0.2, -0.15) is 0 Å². The molecule has 0 aliphatic carbocycles. The fourth-order valence-electron chi connectivity index (χ4n) is 0.851. The molecular formula is C8H8Cl4O2. The zero-order valence-corrected chi connectivity index (χ0v) is 10.2. The molecule has 2 nitrogen and oxygen atoms in total. The Kier molecular flexibility index (Phi) is 5.42. The van der Waals surface area contributed by atoms with E-state index in [0.29, 0.717) is 0 Å². The first-order valence-electron chi connectivity index (χ1n) is 3.99. The van der Waals surface area contributed by atoms with Crippen molar-refractivity contribution >= 4 is 46.4 Å². The third-order valence-electron chi connectivity index (χ3n) is 1.54. The van der Waals surface area contributed by atoms with Crippen molar-refractivity contribution in [3.05, 3.63) is 20.5 Å². The second-order valence-corrected chi connectivity index (χ2v) is 4.04. The molecule has 1 aromatic rings. The van der Waals surface area contributed by atoms with Crippen LogP contribution in [0.25, 0.3) is 0 Å². The molecule has 0 spiro atoms. The average Bonchev–Trinajstić information content (AvgIpc) is 2.78. The Bertz CT molecular complexity index is 264. The van der Waals surface area contributed by atoms with Crippen molar-refractivity contribution in [3.8, 4) is 0 Å². The van der Waals surface area contributed by atoms with Gasteiger partial charge in [0.1, 0.15) is 10.0 Å². The Hall–Kier alpha value is 0.400. The van der Waals surface area contributed by atoms with E-state index in [1.54, 1.807) is 0 Å². The molecule has 1 aliphatic rings. The summed E-state index contributed by atoms with van der Waals surface area (Å²) in [6.45, 7) is 2.00. The third kappa shape index (κ3) is 3.52. The lowest BCUT2D eigenvalue weighted by Crippen LogP contribution is -1.74. The van der Waals surface area contributed by atoms with E-state index in [-0.39, 0.29) is 20.5 Å². The first-order valence-corrected chi connectivity index (χ1v) is 5.50. The summed E-state index contributed by atoms with van der Waals surface area (Å²) in [5, 5.41) is 0.352. The van der Waals surface area contributed by atoms with Crippen molar-refractivity contribution in [1.29, 1.82) is 0 Å². The van der Waals surface area contributed by atoms with Gasteiger partial charge in [0.25, 0.3) is 0 Å². The highest BCUT2D eigenvalue weighted by atomic mass is 35.5. The molecule has 0 radical (unpaired) electrons. The van der Waals surface area contributed by atoms with Crippen LogP contribution in [-0.2, 0) is 4.74 Å². The molecule has 6 heteroatoms. The lowest BCUT2D eigenvalue weighted by Gasteiger charge is -1.76. The van der Waals surface area contributed by atoms with Crippen LogP contribution in [0.1, 0.15) is 12.8 Å². The normalized spacial score (nSPS) is 15.1. The molecule has 14 heavy (non-hydrogen) atoms. The standard InChI is InChI=1S/C4Cl4O.C4H8O/c5-1-2(6)4(8)9-3(1)7;1-2-4-5-3-1/h;1-4H2. The molecule has 0 atom stereocenters. The molecule has 0 saturated carbocycles. The summed E-state index contributed by atoms with van der Waals surface area (Å²) in [7, 11) is 0. The molecule has 0 unspecified atom stereocenters. The van der Waals surface area contributed by atoms with Gasteiger partial charge in [0, 0.05) is 13.2 Å². The summed E-state index contributed by atoms with van der Waals surface area (Å²) in [6, 6.07) is 0. The van der Waals surface area contributed by atoms with Crippen LogP contribution in [0.2, 0.25) is 20.5 Å². The average molecular weight is 278 g/mol. The van der Waals surface area contributed by atoms with E-state index >= 15 is 0 Å². The van der Waals surface area contributed by atoms with Gasteiger partial charge >= 0.3 is 0 Å². The number of furan rings is 1. The van der Waals surface area contributed by atoms with Crippen molar-refractivity contribution < 1.29 is 9.15 Å². The van der Waals surface area contributed by atoms with E-state index in [4.69, 9.17) is 51.1 Å². The van der Waals surface area contributed by atoms with Gasteiger partial charge in [-0.25, -0.2) is 0 Å². The molecule has 0 amide bonds. The van der Waals surface area contributed by atoms with Gasteiger partial charge in [-0.15, -0.1) is 0 Å². The van der Waals surface area contributed by atoms with Gasteiger partial charge in [-0.05, 0) is 36.0 Å². The number of halogens is 4. The van der Waals surface area contributed by atoms with Crippen molar-refractivity contribution in [2.24, 2.45) is 0 Å². The smallest absolute Gasteiger partial charge is 0.215 e. The summed E-state index contributed by atoms with van der Waals surface area (Å²) < 4.78 is 9.56. The second kappa shape index (κ2) is 6.09. The monoisotopic (exact) mass is 276 g/mol. The van der Waals surface area contributed by atoms with E-state index in [1.807, 2.05) is 0 Å². The lowest BCUT2D eigenvalue weighted by molar-refractivity contribution is 0.198. The lowest BCUT2D eigenvalue weighted by atomic mass is 10.4. The van der Waals surface area contributed by atoms with E-state index < -0.39 is 0 Å². The fraction of sp³-hybridized carbons (Fsp3) is 0.500. The maximum atomic E-state index is 5.46.